The quantitative estimate of drug-likeness (QED) is 0.624. The molecule has 130 valence electrons. The van der Waals surface area contributed by atoms with Crippen molar-refractivity contribution in [2.75, 3.05) is 0 Å². The van der Waals surface area contributed by atoms with Gasteiger partial charge < -0.3 is 14.3 Å². The molecule has 3 aliphatic rings. The van der Waals surface area contributed by atoms with Gasteiger partial charge >= 0.3 is 5.97 Å². The normalized spacial score (nSPS) is 45.3. The van der Waals surface area contributed by atoms with Crippen molar-refractivity contribution < 1.29 is 19.1 Å². The molecule has 2 aliphatic carbocycles. The fourth-order valence-corrected chi connectivity index (χ4v) is 5.81. The Morgan fingerprint density at radius 2 is 2.08 bits per heavy atom. The van der Waals surface area contributed by atoms with Gasteiger partial charge in [-0.15, -0.1) is 0 Å². The average molecular weight is 330 g/mol. The van der Waals surface area contributed by atoms with Crippen LogP contribution < -0.4 is 0 Å². The van der Waals surface area contributed by atoms with E-state index in [0.717, 1.165) is 43.2 Å². The molecule has 1 aliphatic heterocycles. The SMILES string of the molecule is C=C1[C@H](O)CC[C@@H]2[C@@]3(C)C[C@@H](c4ccoc4)OC(=O)[C@@H]3CC[C@@]12C. The molecule has 2 heterocycles. The number of fused-ring (bicyclic) bond motifs is 3. The van der Waals surface area contributed by atoms with E-state index >= 15 is 0 Å². The third kappa shape index (κ3) is 2.05. The number of ether oxygens (including phenoxy) is 1. The molecule has 2 saturated carbocycles. The zero-order chi connectivity index (χ0) is 17.1. The fourth-order valence-electron chi connectivity index (χ4n) is 5.81. The molecule has 1 aromatic rings. The Balaban J connectivity index is 1.72. The van der Waals surface area contributed by atoms with Gasteiger partial charge in [-0.1, -0.05) is 20.4 Å². The molecule has 1 saturated heterocycles. The van der Waals surface area contributed by atoms with Gasteiger partial charge in [-0.2, -0.15) is 0 Å². The number of furan rings is 1. The number of carbonyl (C=O) groups is 1. The van der Waals surface area contributed by atoms with Gasteiger partial charge in [0, 0.05) is 5.56 Å². The Hall–Kier alpha value is -1.55. The van der Waals surface area contributed by atoms with Crippen molar-refractivity contribution in [1.82, 2.24) is 0 Å². The van der Waals surface area contributed by atoms with Crippen molar-refractivity contribution in [3.63, 3.8) is 0 Å². The highest BCUT2D eigenvalue weighted by atomic mass is 16.5. The lowest BCUT2D eigenvalue weighted by Crippen LogP contribution is -2.57. The van der Waals surface area contributed by atoms with Gasteiger partial charge in [0.05, 0.1) is 24.5 Å². The molecule has 0 spiro atoms. The summed E-state index contributed by atoms with van der Waals surface area (Å²) in [7, 11) is 0. The lowest BCUT2D eigenvalue weighted by atomic mass is 9.45. The summed E-state index contributed by atoms with van der Waals surface area (Å²) in [5.74, 6) is 0.220. The maximum atomic E-state index is 12.7. The molecule has 4 heteroatoms. The standard InChI is InChI=1S/C20H26O4/c1-12-15(21)4-5-17-19(12,2)8-6-14-18(22)24-16(10-20(14,17)3)13-7-9-23-11-13/h7,9,11,14-17,21H,1,4-6,8,10H2,2-3H3/t14-,15+,16-,17-,19-,20-/m0/s1. The minimum absolute atomic E-state index is 0.0539. The topological polar surface area (TPSA) is 59.7 Å². The zero-order valence-electron chi connectivity index (χ0n) is 14.5. The monoisotopic (exact) mass is 330 g/mol. The third-order valence-corrected chi connectivity index (χ3v) is 7.26. The Morgan fingerprint density at radius 3 is 2.79 bits per heavy atom. The molecule has 1 aromatic heterocycles. The first-order valence-corrected chi connectivity index (χ1v) is 8.96. The van der Waals surface area contributed by atoms with Crippen molar-refractivity contribution >= 4 is 5.97 Å². The molecule has 3 fully saturated rings. The second-order valence-corrected chi connectivity index (χ2v) is 8.37. The molecule has 0 aromatic carbocycles. The van der Waals surface area contributed by atoms with Gasteiger partial charge in [0.25, 0.3) is 0 Å². The van der Waals surface area contributed by atoms with Crippen molar-refractivity contribution in [1.29, 1.82) is 0 Å². The number of aliphatic hydroxyl groups excluding tert-OH is 1. The van der Waals surface area contributed by atoms with Gasteiger partial charge in [0.15, 0.2) is 0 Å². The molecular weight excluding hydrogens is 304 g/mol. The largest absolute Gasteiger partial charge is 0.472 e. The fraction of sp³-hybridized carbons (Fsp3) is 0.650. The minimum atomic E-state index is -0.411. The second kappa shape index (κ2) is 5.22. The average Bonchev–Trinajstić information content (AvgIpc) is 3.05. The van der Waals surface area contributed by atoms with E-state index in [2.05, 4.69) is 20.4 Å². The van der Waals surface area contributed by atoms with Crippen LogP contribution in [-0.4, -0.2) is 17.2 Å². The maximum Gasteiger partial charge on any atom is 0.310 e. The molecule has 0 bridgehead atoms. The van der Waals surface area contributed by atoms with E-state index < -0.39 is 6.10 Å². The van der Waals surface area contributed by atoms with Crippen LogP contribution in [0.3, 0.4) is 0 Å². The predicted molar refractivity (Wildman–Crippen MR) is 89.0 cm³/mol. The predicted octanol–water partition coefficient (Wildman–Crippen LogP) is 4.02. The zero-order valence-corrected chi connectivity index (χ0v) is 14.5. The Kier molecular flexibility index (Phi) is 3.47. The highest BCUT2D eigenvalue weighted by Gasteiger charge is 2.61. The maximum absolute atomic E-state index is 12.7. The molecule has 6 atom stereocenters. The molecule has 0 radical (unpaired) electrons. The summed E-state index contributed by atoms with van der Waals surface area (Å²) < 4.78 is 10.9. The van der Waals surface area contributed by atoms with E-state index in [4.69, 9.17) is 9.15 Å². The summed E-state index contributed by atoms with van der Waals surface area (Å²) >= 11 is 0. The third-order valence-electron chi connectivity index (χ3n) is 7.26. The van der Waals surface area contributed by atoms with Crippen LogP contribution in [0.5, 0.6) is 0 Å². The molecule has 4 rings (SSSR count). The summed E-state index contributed by atoms with van der Waals surface area (Å²) in [5, 5.41) is 10.3. The van der Waals surface area contributed by atoms with Crippen molar-refractivity contribution in [3.8, 4) is 0 Å². The van der Waals surface area contributed by atoms with E-state index in [0.29, 0.717) is 5.92 Å². The van der Waals surface area contributed by atoms with Crippen LogP contribution in [-0.2, 0) is 9.53 Å². The molecule has 0 unspecified atom stereocenters. The lowest BCUT2D eigenvalue weighted by Gasteiger charge is -2.61. The van der Waals surface area contributed by atoms with Crippen LogP contribution in [0.15, 0.2) is 35.2 Å². The van der Waals surface area contributed by atoms with Crippen LogP contribution in [0.1, 0.15) is 57.6 Å². The lowest BCUT2D eigenvalue weighted by molar-refractivity contribution is -0.193. The Labute approximate surface area is 142 Å². The number of hydrogen-bond acceptors (Lipinski definition) is 4. The highest BCUT2D eigenvalue weighted by Crippen LogP contribution is 2.65. The van der Waals surface area contributed by atoms with Gasteiger partial charge in [-0.3, -0.25) is 4.79 Å². The van der Waals surface area contributed by atoms with Gasteiger partial charge in [-0.25, -0.2) is 0 Å². The summed E-state index contributed by atoms with van der Waals surface area (Å²) in [4.78, 5) is 12.7. The number of cyclic esters (lactones) is 1. The molecule has 0 amide bonds. The van der Waals surface area contributed by atoms with Gasteiger partial charge in [-0.05, 0) is 60.5 Å². The molecule has 4 nitrogen and oxygen atoms in total. The molecular formula is C20H26O4. The first-order valence-electron chi connectivity index (χ1n) is 8.96. The summed E-state index contributed by atoms with van der Waals surface area (Å²) in [6, 6.07) is 1.88. The first kappa shape index (κ1) is 15.9. The highest BCUT2D eigenvalue weighted by molar-refractivity contribution is 5.75. The summed E-state index contributed by atoms with van der Waals surface area (Å²) in [6.07, 6.45) is 6.86. The number of rotatable bonds is 1. The number of carbonyl (C=O) groups excluding carboxylic acids is 1. The van der Waals surface area contributed by atoms with Crippen LogP contribution in [0.25, 0.3) is 0 Å². The van der Waals surface area contributed by atoms with E-state index in [1.165, 1.54) is 0 Å². The van der Waals surface area contributed by atoms with Crippen LogP contribution in [0.2, 0.25) is 0 Å². The molecule has 24 heavy (non-hydrogen) atoms. The van der Waals surface area contributed by atoms with Crippen LogP contribution in [0, 0.1) is 22.7 Å². The Morgan fingerprint density at radius 1 is 1.29 bits per heavy atom. The van der Waals surface area contributed by atoms with E-state index in [1.807, 2.05) is 6.07 Å². The second-order valence-electron chi connectivity index (χ2n) is 8.37. The smallest absolute Gasteiger partial charge is 0.310 e. The van der Waals surface area contributed by atoms with Crippen molar-refractivity contribution in [2.24, 2.45) is 22.7 Å². The van der Waals surface area contributed by atoms with Crippen LogP contribution >= 0.6 is 0 Å². The van der Waals surface area contributed by atoms with E-state index in [1.54, 1.807) is 12.5 Å². The molecule has 1 N–H and O–H groups in total. The van der Waals surface area contributed by atoms with Crippen molar-refractivity contribution in [2.45, 2.75) is 58.2 Å². The van der Waals surface area contributed by atoms with E-state index in [9.17, 15) is 9.90 Å². The summed E-state index contributed by atoms with van der Waals surface area (Å²) in [6.45, 7) is 8.71. The Bertz CT molecular complexity index is 663. The van der Waals surface area contributed by atoms with E-state index in [-0.39, 0.29) is 28.8 Å². The first-order chi connectivity index (χ1) is 11.4. The minimum Gasteiger partial charge on any atom is -0.472 e. The van der Waals surface area contributed by atoms with Crippen molar-refractivity contribution in [3.05, 3.63) is 36.3 Å². The number of hydrogen-bond donors (Lipinski definition) is 1. The van der Waals surface area contributed by atoms with Gasteiger partial charge in [0.2, 0.25) is 0 Å². The number of esters is 1. The van der Waals surface area contributed by atoms with Gasteiger partial charge in [0.1, 0.15) is 6.10 Å². The van der Waals surface area contributed by atoms with Crippen LogP contribution in [0.4, 0.5) is 0 Å². The summed E-state index contributed by atoms with van der Waals surface area (Å²) in [5.41, 5.74) is 1.66. The number of aliphatic hydroxyl groups is 1.